The van der Waals surface area contributed by atoms with E-state index in [2.05, 4.69) is 10.4 Å². The van der Waals surface area contributed by atoms with E-state index in [4.69, 9.17) is 4.74 Å². The molecule has 3 rings (SSSR count). The molecule has 0 unspecified atom stereocenters. The average Bonchev–Trinajstić information content (AvgIpc) is 3.21. The van der Waals surface area contributed by atoms with Crippen molar-refractivity contribution >= 4 is 23.2 Å². The zero-order valence-electron chi connectivity index (χ0n) is 13.0. The van der Waals surface area contributed by atoms with Gasteiger partial charge in [-0.2, -0.15) is 5.10 Å². The van der Waals surface area contributed by atoms with Crippen LogP contribution in [0.2, 0.25) is 0 Å². The highest BCUT2D eigenvalue weighted by Gasteiger charge is 2.34. The molecule has 1 N–H and O–H groups in total. The van der Waals surface area contributed by atoms with Crippen LogP contribution in [0, 0.1) is 0 Å². The molecule has 0 aliphatic carbocycles. The third kappa shape index (κ3) is 2.81. The second-order valence-electron chi connectivity index (χ2n) is 5.13. The quantitative estimate of drug-likeness (QED) is 0.914. The molecule has 0 fully saturated rings. The number of carbonyl (C=O) groups is 2. The van der Waals surface area contributed by atoms with Crippen LogP contribution in [0.15, 0.2) is 23.7 Å². The van der Waals surface area contributed by atoms with Gasteiger partial charge in [0.05, 0.1) is 25.4 Å². The Morgan fingerprint density at radius 1 is 1.48 bits per heavy atom. The van der Waals surface area contributed by atoms with Gasteiger partial charge in [0.1, 0.15) is 16.7 Å². The molecule has 0 bridgehead atoms. The van der Waals surface area contributed by atoms with Crippen molar-refractivity contribution in [3.8, 4) is 5.75 Å². The first-order valence-electron chi connectivity index (χ1n) is 7.39. The fraction of sp³-hybridized carbons (Fsp3) is 0.400. The molecule has 1 atom stereocenters. The summed E-state index contributed by atoms with van der Waals surface area (Å²) in [6.07, 6.45) is 1.65. The van der Waals surface area contributed by atoms with E-state index in [0.717, 1.165) is 5.69 Å². The van der Waals surface area contributed by atoms with Crippen molar-refractivity contribution < 1.29 is 14.3 Å². The summed E-state index contributed by atoms with van der Waals surface area (Å²) in [5, 5.41) is 8.67. The van der Waals surface area contributed by atoms with Gasteiger partial charge in [-0.3, -0.25) is 14.3 Å². The number of rotatable bonds is 4. The van der Waals surface area contributed by atoms with Crippen molar-refractivity contribution in [2.45, 2.75) is 19.5 Å². The van der Waals surface area contributed by atoms with Gasteiger partial charge in [0.2, 0.25) is 5.91 Å². The Bertz CT molecular complexity index is 724. The van der Waals surface area contributed by atoms with Crippen molar-refractivity contribution in [1.29, 1.82) is 0 Å². The lowest BCUT2D eigenvalue weighted by Crippen LogP contribution is -2.46. The first-order valence-corrected chi connectivity index (χ1v) is 8.27. The number of nitrogens with one attached hydrogen (secondary N) is 1. The summed E-state index contributed by atoms with van der Waals surface area (Å²) in [5.74, 6) is 0.312. The van der Waals surface area contributed by atoms with E-state index in [9.17, 15) is 9.59 Å². The molecule has 0 aromatic carbocycles. The largest absolute Gasteiger partial charge is 0.492 e. The predicted molar refractivity (Wildman–Crippen MR) is 85.6 cm³/mol. The van der Waals surface area contributed by atoms with E-state index in [0.29, 0.717) is 23.8 Å². The maximum Gasteiger partial charge on any atom is 0.268 e. The van der Waals surface area contributed by atoms with Crippen molar-refractivity contribution in [2.24, 2.45) is 0 Å². The summed E-state index contributed by atoms with van der Waals surface area (Å²) in [6, 6.07) is 3.11. The normalized spacial score (nSPS) is 16.8. The van der Waals surface area contributed by atoms with Crippen LogP contribution in [0.5, 0.6) is 5.75 Å². The summed E-state index contributed by atoms with van der Waals surface area (Å²) in [7, 11) is 1.58. The Balaban J connectivity index is 1.88. The van der Waals surface area contributed by atoms with E-state index in [1.165, 1.54) is 11.3 Å². The highest BCUT2D eigenvalue weighted by molar-refractivity contribution is 7.12. The molecule has 2 amide bonds. The molecule has 0 radical (unpaired) electrons. The van der Waals surface area contributed by atoms with Crippen LogP contribution < -0.4 is 10.1 Å². The standard InChI is InChI=1S/C15H18N4O3S/c1-3-22-12-5-7-23-13(12)15(21)18-8-10-4-6-17-19(10)11(9-18)14(20)16-2/h4-7,11H,3,8-9H2,1-2H3,(H,16,20)/t11-/m1/s1. The Labute approximate surface area is 137 Å². The lowest BCUT2D eigenvalue weighted by molar-refractivity contribution is -0.125. The number of hydrogen-bond donors (Lipinski definition) is 1. The zero-order valence-corrected chi connectivity index (χ0v) is 13.8. The maximum atomic E-state index is 12.8. The molecule has 0 saturated carbocycles. The van der Waals surface area contributed by atoms with Crippen LogP contribution >= 0.6 is 11.3 Å². The lowest BCUT2D eigenvalue weighted by Gasteiger charge is -2.32. The lowest BCUT2D eigenvalue weighted by atomic mass is 10.1. The number of hydrogen-bond acceptors (Lipinski definition) is 5. The van der Waals surface area contributed by atoms with Gasteiger partial charge in [-0.05, 0) is 24.4 Å². The number of thiophene rings is 1. The Morgan fingerprint density at radius 2 is 2.30 bits per heavy atom. The number of carbonyl (C=O) groups excluding carboxylic acids is 2. The van der Waals surface area contributed by atoms with E-state index in [1.54, 1.807) is 28.9 Å². The van der Waals surface area contributed by atoms with Gasteiger partial charge < -0.3 is 15.0 Å². The van der Waals surface area contributed by atoms with Crippen LogP contribution in [-0.2, 0) is 11.3 Å². The van der Waals surface area contributed by atoms with Crippen LogP contribution in [-0.4, -0.2) is 46.7 Å². The maximum absolute atomic E-state index is 12.8. The minimum atomic E-state index is -0.516. The van der Waals surface area contributed by atoms with Gasteiger partial charge in [-0.15, -0.1) is 11.3 Å². The van der Waals surface area contributed by atoms with Crippen molar-refractivity contribution in [2.75, 3.05) is 20.2 Å². The summed E-state index contributed by atoms with van der Waals surface area (Å²) < 4.78 is 7.19. The molecule has 0 spiro atoms. The summed E-state index contributed by atoms with van der Waals surface area (Å²) in [4.78, 5) is 27.2. The van der Waals surface area contributed by atoms with Gasteiger partial charge in [-0.1, -0.05) is 0 Å². The average molecular weight is 334 g/mol. The van der Waals surface area contributed by atoms with Crippen molar-refractivity contribution in [3.63, 3.8) is 0 Å². The van der Waals surface area contributed by atoms with E-state index >= 15 is 0 Å². The number of fused-ring (bicyclic) bond motifs is 1. The first-order chi connectivity index (χ1) is 11.2. The second-order valence-corrected chi connectivity index (χ2v) is 6.05. The second kappa shape index (κ2) is 6.41. The van der Waals surface area contributed by atoms with Gasteiger partial charge in [0.25, 0.3) is 5.91 Å². The number of nitrogens with zero attached hydrogens (tertiary/aromatic N) is 3. The molecule has 3 heterocycles. The SMILES string of the molecule is CCOc1ccsc1C(=O)N1Cc2ccnn2[C@@H](C(=O)NC)C1. The van der Waals surface area contributed by atoms with E-state index in [1.807, 2.05) is 18.4 Å². The molecule has 1 aliphatic heterocycles. The summed E-state index contributed by atoms with van der Waals surface area (Å²) >= 11 is 1.35. The van der Waals surface area contributed by atoms with Crippen molar-refractivity contribution in [1.82, 2.24) is 20.0 Å². The van der Waals surface area contributed by atoms with Gasteiger partial charge >= 0.3 is 0 Å². The molecule has 2 aromatic heterocycles. The summed E-state index contributed by atoms with van der Waals surface area (Å²) in [5.41, 5.74) is 0.840. The molecule has 7 nitrogen and oxygen atoms in total. The zero-order chi connectivity index (χ0) is 16.4. The number of amides is 2. The van der Waals surface area contributed by atoms with Crippen LogP contribution in [0.1, 0.15) is 28.3 Å². The fourth-order valence-electron chi connectivity index (χ4n) is 2.68. The smallest absolute Gasteiger partial charge is 0.268 e. The minimum absolute atomic E-state index is 0.121. The number of ether oxygens (including phenoxy) is 1. The van der Waals surface area contributed by atoms with Crippen LogP contribution in [0.4, 0.5) is 0 Å². The monoisotopic (exact) mass is 334 g/mol. The topological polar surface area (TPSA) is 76.5 Å². The number of aromatic nitrogens is 2. The van der Waals surface area contributed by atoms with Gasteiger partial charge in [0, 0.05) is 13.2 Å². The third-order valence-electron chi connectivity index (χ3n) is 3.75. The molecule has 1 aliphatic rings. The summed E-state index contributed by atoms with van der Waals surface area (Å²) in [6.45, 7) is 3.10. The first kappa shape index (κ1) is 15.5. The van der Waals surface area contributed by atoms with Crippen LogP contribution in [0.25, 0.3) is 0 Å². The molecule has 0 saturated heterocycles. The fourth-order valence-corrected chi connectivity index (χ4v) is 3.48. The van der Waals surface area contributed by atoms with Gasteiger partial charge in [0.15, 0.2) is 0 Å². The van der Waals surface area contributed by atoms with Crippen LogP contribution in [0.3, 0.4) is 0 Å². The Morgan fingerprint density at radius 3 is 3.04 bits per heavy atom. The highest BCUT2D eigenvalue weighted by Crippen LogP contribution is 2.29. The molecule has 2 aromatic rings. The van der Waals surface area contributed by atoms with Crippen molar-refractivity contribution in [3.05, 3.63) is 34.3 Å². The molecule has 23 heavy (non-hydrogen) atoms. The molecule has 122 valence electrons. The number of likely N-dealkylation sites (N-methyl/N-ethyl adjacent to an activating group) is 1. The highest BCUT2D eigenvalue weighted by atomic mass is 32.1. The third-order valence-corrected chi connectivity index (χ3v) is 4.64. The van der Waals surface area contributed by atoms with Gasteiger partial charge in [-0.25, -0.2) is 0 Å². The minimum Gasteiger partial charge on any atom is -0.492 e. The molecular formula is C15H18N4O3S. The molecule has 8 heteroatoms. The molecular weight excluding hydrogens is 316 g/mol. The van der Waals surface area contributed by atoms with E-state index < -0.39 is 6.04 Å². The predicted octanol–water partition coefficient (Wildman–Crippen LogP) is 1.29. The Hall–Kier alpha value is -2.35. The Kier molecular flexibility index (Phi) is 4.33. The van der Waals surface area contributed by atoms with E-state index in [-0.39, 0.29) is 18.4 Å².